The molecule has 1 aliphatic carbocycles. The number of rotatable bonds is 4. The largest absolute Gasteiger partial charge is 0.361 e. The number of aryl methyl sites for hydroxylation is 1. The molecule has 0 bridgehead atoms. The van der Waals surface area contributed by atoms with Crippen LogP contribution in [-0.2, 0) is 0 Å². The maximum absolute atomic E-state index is 12.2. The number of nitrogens with zero attached hydrogens (tertiary/aromatic N) is 5. The summed E-state index contributed by atoms with van der Waals surface area (Å²) in [6.45, 7) is 1.77. The minimum Gasteiger partial charge on any atom is -0.361 e. The van der Waals surface area contributed by atoms with Crippen molar-refractivity contribution < 1.29 is 9.32 Å². The van der Waals surface area contributed by atoms with Crippen molar-refractivity contribution in [1.29, 1.82) is 0 Å². The summed E-state index contributed by atoms with van der Waals surface area (Å²) < 4.78 is 6.96. The molecule has 0 unspecified atom stereocenters. The Bertz CT molecular complexity index is 880. The van der Waals surface area contributed by atoms with Gasteiger partial charge >= 0.3 is 0 Å². The zero-order valence-corrected chi connectivity index (χ0v) is 14.5. The monoisotopic (exact) mass is 352 g/mol. The normalized spacial score (nSPS) is 20.0. The Morgan fingerprint density at radius 1 is 1.23 bits per heavy atom. The van der Waals surface area contributed by atoms with Crippen LogP contribution in [0.2, 0.25) is 0 Å². The van der Waals surface area contributed by atoms with Crippen molar-refractivity contribution >= 4 is 5.91 Å². The van der Waals surface area contributed by atoms with Gasteiger partial charge in [0.2, 0.25) is 0 Å². The number of aromatic nitrogens is 5. The molecule has 26 heavy (non-hydrogen) atoms. The van der Waals surface area contributed by atoms with Crippen LogP contribution in [0.3, 0.4) is 0 Å². The number of nitrogens with one attached hydrogen (secondary N) is 1. The van der Waals surface area contributed by atoms with Gasteiger partial charge in [0, 0.05) is 36.3 Å². The zero-order chi connectivity index (χ0) is 17.9. The van der Waals surface area contributed by atoms with Gasteiger partial charge in [-0.05, 0) is 32.6 Å². The standard InChI is InChI=1S/C18H20N6O2/c1-12-8-16(23-26-12)18(25)22-14-2-4-15(5-3-14)24-11-13(9-21-24)17-10-19-6-7-20-17/h6-11,14-15H,2-5H2,1H3,(H,22,25). The van der Waals surface area contributed by atoms with Gasteiger partial charge in [0.1, 0.15) is 5.76 Å². The number of hydrogen-bond donors (Lipinski definition) is 1. The van der Waals surface area contributed by atoms with Crippen LogP contribution in [-0.4, -0.2) is 36.9 Å². The van der Waals surface area contributed by atoms with Gasteiger partial charge < -0.3 is 9.84 Å². The van der Waals surface area contributed by atoms with E-state index in [9.17, 15) is 4.79 Å². The van der Waals surface area contributed by atoms with Crippen LogP contribution >= 0.6 is 0 Å². The quantitative estimate of drug-likeness (QED) is 0.775. The fourth-order valence-corrected chi connectivity index (χ4v) is 3.34. The predicted octanol–water partition coefficient (Wildman–Crippen LogP) is 2.55. The van der Waals surface area contributed by atoms with E-state index in [2.05, 4.69) is 25.5 Å². The van der Waals surface area contributed by atoms with Crippen molar-refractivity contribution in [2.75, 3.05) is 0 Å². The highest BCUT2D eigenvalue weighted by atomic mass is 16.5. The molecule has 0 saturated heterocycles. The molecule has 3 heterocycles. The third-order valence-corrected chi connectivity index (χ3v) is 4.73. The molecule has 0 aromatic carbocycles. The number of hydrogen-bond acceptors (Lipinski definition) is 6. The van der Waals surface area contributed by atoms with Gasteiger partial charge in [-0.15, -0.1) is 0 Å². The summed E-state index contributed by atoms with van der Waals surface area (Å²) in [7, 11) is 0. The summed E-state index contributed by atoms with van der Waals surface area (Å²) in [5, 5.41) is 11.3. The van der Waals surface area contributed by atoms with E-state index in [4.69, 9.17) is 4.52 Å². The summed E-state index contributed by atoms with van der Waals surface area (Å²) in [4.78, 5) is 20.6. The molecule has 134 valence electrons. The molecule has 8 nitrogen and oxygen atoms in total. The highest BCUT2D eigenvalue weighted by Crippen LogP contribution is 2.29. The van der Waals surface area contributed by atoms with Crippen LogP contribution in [0.25, 0.3) is 11.3 Å². The van der Waals surface area contributed by atoms with Crippen molar-refractivity contribution in [3.63, 3.8) is 0 Å². The van der Waals surface area contributed by atoms with E-state index in [0.717, 1.165) is 36.9 Å². The second kappa shape index (κ2) is 7.07. The highest BCUT2D eigenvalue weighted by molar-refractivity contribution is 5.92. The Hall–Kier alpha value is -3.03. The summed E-state index contributed by atoms with van der Waals surface area (Å²) in [5.41, 5.74) is 2.13. The first-order valence-electron chi connectivity index (χ1n) is 8.74. The molecule has 8 heteroatoms. The lowest BCUT2D eigenvalue weighted by atomic mass is 9.91. The second-order valence-corrected chi connectivity index (χ2v) is 6.60. The summed E-state index contributed by atoms with van der Waals surface area (Å²) in [6, 6.07) is 2.15. The SMILES string of the molecule is Cc1cc(C(=O)NC2CCC(n3cc(-c4cnccn4)cn3)CC2)no1. The topological polar surface area (TPSA) is 98.7 Å². The Kier molecular flexibility index (Phi) is 4.47. The Morgan fingerprint density at radius 2 is 2.08 bits per heavy atom. The van der Waals surface area contributed by atoms with Gasteiger partial charge in [0.15, 0.2) is 5.69 Å². The summed E-state index contributed by atoms with van der Waals surface area (Å²) >= 11 is 0. The maximum atomic E-state index is 12.2. The first-order chi connectivity index (χ1) is 12.7. The number of amides is 1. The Morgan fingerprint density at radius 3 is 2.77 bits per heavy atom. The van der Waals surface area contributed by atoms with E-state index >= 15 is 0 Å². The van der Waals surface area contributed by atoms with Crippen LogP contribution in [0.4, 0.5) is 0 Å². The van der Waals surface area contributed by atoms with E-state index in [0.29, 0.717) is 17.5 Å². The predicted molar refractivity (Wildman–Crippen MR) is 93.3 cm³/mol. The van der Waals surface area contributed by atoms with Crippen LogP contribution in [0.15, 0.2) is 41.6 Å². The Balaban J connectivity index is 1.34. The van der Waals surface area contributed by atoms with Crippen molar-refractivity contribution in [3.05, 3.63) is 48.5 Å². The van der Waals surface area contributed by atoms with Gasteiger partial charge in [-0.1, -0.05) is 5.16 Å². The minimum atomic E-state index is -0.172. The number of carbonyl (C=O) groups is 1. The van der Waals surface area contributed by atoms with Crippen molar-refractivity contribution in [2.45, 2.75) is 44.7 Å². The van der Waals surface area contributed by atoms with Crippen LogP contribution in [0, 0.1) is 6.92 Å². The molecule has 1 fully saturated rings. The lowest BCUT2D eigenvalue weighted by Crippen LogP contribution is -2.38. The molecule has 1 saturated carbocycles. The zero-order valence-electron chi connectivity index (χ0n) is 14.5. The van der Waals surface area contributed by atoms with Gasteiger partial charge in [-0.2, -0.15) is 5.10 Å². The first-order valence-corrected chi connectivity index (χ1v) is 8.74. The van der Waals surface area contributed by atoms with Crippen LogP contribution in [0.5, 0.6) is 0 Å². The second-order valence-electron chi connectivity index (χ2n) is 6.60. The molecule has 1 aliphatic rings. The minimum absolute atomic E-state index is 0.158. The Labute approximate surface area is 150 Å². The molecule has 0 spiro atoms. The van der Waals surface area contributed by atoms with Crippen molar-refractivity contribution in [1.82, 2.24) is 30.2 Å². The average Bonchev–Trinajstić information content (AvgIpc) is 3.32. The third-order valence-electron chi connectivity index (χ3n) is 4.73. The van der Waals surface area contributed by atoms with Gasteiger partial charge in [-0.25, -0.2) is 0 Å². The van der Waals surface area contributed by atoms with E-state index in [-0.39, 0.29) is 11.9 Å². The molecule has 0 aliphatic heterocycles. The van der Waals surface area contributed by atoms with E-state index in [1.165, 1.54) is 0 Å². The lowest BCUT2D eigenvalue weighted by molar-refractivity contribution is 0.0912. The molecule has 3 aromatic rings. The average molecular weight is 352 g/mol. The molecule has 3 aromatic heterocycles. The van der Waals surface area contributed by atoms with Crippen molar-refractivity contribution in [2.24, 2.45) is 0 Å². The molecule has 1 N–H and O–H groups in total. The highest BCUT2D eigenvalue weighted by Gasteiger charge is 2.25. The van der Waals surface area contributed by atoms with Gasteiger partial charge in [0.25, 0.3) is 5.91 Å². The smallest absolute Gasteiger partial charge is 0.273 e. The van der Waals surface area contributed by atoms with Gasteiger partial charge in [-0.3, -0.25) is 19.4 Å². The maximum Gasteiger partial charge on any atom is 0.273 e. The number of carbonyl (C=O) groups excluding carboxylic acids is 1. The van der Waals surface area contributed by atoms with Crippen LogP contribution in [0.1, 0.15) is 48.0 Å². The molecule has 0 atom stereocenters. The van der Waals surface area contributed by atoms with E-state index in [1.807, 2.05) is 17.1 Å². The molecular weight excluding hydrogens is 332 g/mol. The fraction of sp³-hybridized carbons (Fsp3) is 0.389. The first kappa shape index (κ1) is 16.4. The fourth-order valence-electron chi connectivity index (χ4n) is 3.34. The summed E-state index contributed by atoms with van der Waals surface area (Å²) in [6.07, 6.45) is 12.7. The molecule has 4 rings (SSSR count). The van der Waals surface area contributed by atoms with Gasteiger partial charge in [0.05, 0.1) is 24.1 Å². The molecular formula is C18H20N6O2. The van der Waals surface area contributed by atoms with E-state index in [1.54, 1.807) is 31.6 Å². The third kappa shape index (κ3) is 3.49. The molecule has 1 amide bonds. The summed E-state index contributed by atoms with van der Waals surface area (Å²) in [5.74, 6) is 0.464. The van der Waals surface area contributed by atoms with E-state index < -0.39 is 0 Å². The molecule has 0 radical (unpaired) electrons. The lowest BCUT2D eigenvalue weighted by Gasteiger charge is -2.29. The van der Waals surface area contributed by atoms with Crippen LogP contribution < -0.4 is 5.32 Å². The van der Waals surface area contributed by atoms with Crippen molar-refractivity contribution in [3.8, 4) is 11.3 Å².